The Morgan fingerprint density at radius 1 is 1.04 bits per heavy atom. The lowest BCUT2D eigenvalue weighted by molar-refractivity contribution is -0.124. The molecule has 2 aromatic heterocycles. The largest absolute Gasteiger partial charge is 0.355 e. The highest BCUT2D eigenvalue weighted by atomic mass is 16.1. The maximum Gasteiger partial charge on any atom is 0.180 e. The van der Waals surface area contributed by atoms with Gasteiger partial charge >= 0.3 is 0 Å². The number of aryl methyl sites for hydroxylation is 1. The van der Waals surface area contributed by atoms with Gasteiger partial charge in [0.2, 0.25) is 0 Å². The van der Waals surface area contributed by atoms with Crippen LogP contribution < -0.4 is 4.90 Å². The number of nitrogens with zero attached hydrogens (tertiary/aromatic N) is 4. The molecule has 0 unspecified atom stereocenters. The number of aromatic nitrogens is 3. The molecule has 28 heavy (non-hydrogen) atoms. The lowest BCUT2D eigenvalue weighted by Crippen LogP contribution is -2.51. The van der Waals surface area contributed by atoms with Gasteiger partial charge in [0.25, 0.3) is 0 Å². The van der Waals surface area contributed by atoms with E-state index in [1.54, 1.807) is 6.20 Å². The fraction of sp³-hybridized carbons (Fsp3) is 0.565. The van der Waals surface area contributed by atoms with Gasteiger partial charge in [0, 0.05) is 37.0 Å². The van der Waals surface area contributed by atoms with Crippen LogP contribution in [0.15, 0.2) is 24.4 Å². The Balaban J connectivity index is 1.31. The van der Waals surface area contributed by atoms with Crippen LogP contribution in [0.2, 0.25) is 0 Å². The first-order valence-electron chi connectivity index (χ1n) is 10.9. The first-order chi connectivity index (χ1) is 13.8. The minimum atomic E-state index is 0.187. The Kier molecular flexibility index (Phi) is 4.83. The molecule has 3 aliphatic rings. The van der Waals surface area contributed by atoms with Gasteiger partial charge in [-0.3, -0.25) is 9.78 Å². The van der Waals surface area contributed by atoms with Crippen molar-refractivity contribution in [3.8, 4) is 11.5 Å². The van der Waals surface area contributed by atoms with Crippen molar-refractivity contribution in [3.63, 3.8) is 0 Å². The van der Waals surface area contributed by atoms with E-state index in [0.717, 1.165) is 50.3 Å². The summed E-state index contributed by atoms with van der Waals surface area (Å²) < 4.78 is 0. The fourth-order valence-corrected chi connectivity index (χ4v) is 4.98. The predicted molar refractivity (Wildman–Crippen MR) is 109 cm³/mol. The first kappa shape index (κ1) is 17.8. The number of rotatable bonds is 5. The zero-order valence-corrected chi connectivity index (χ0v) is 16.4. The molecule has 2 fully saturated rings. The van der Waals surface area contributed by atoms with Crippen molar-refractivity contribution in [2.45, 2.75) is 57.8 Å². The molecule has 1 aliphatic heterocycles. The number of hydrogen-bond acceptors (Lipinski definition) is 5. The maximum absolute atomic E-state index is 12.7. The predicted octanol–water partition coefficient (Wildman–Crippen LogP) is 4.00. The minimum Gasteiger partial charge on any atom is -0.355 e. The highest BCUT2D eigenvalue weighted by molar-refractivity contribution is 5.84. The SMILES string of the molecule is O=C(CC1CCCCC1)C1CN(c2nc(-c3ccccn3)nc3c2CCC3)C1. The molecule has 2 aliphatic carbocycles. The van der Waals surface area contributed by atoms with Gasteiger partial charge in [-0.05, 0) is 37.3 Å². The Morgan fingerprint density at radius 2 is 1.89 bits per heavy atom. The minimum absolute atomic E-state index is 0.187. The quantitative estimate of drug-likeness (QED) is 0.789. The van der Waals surface area contributed by atoms with Gasteiger partial charge in [0.05, 0.1) is 5.92 Å². The molecular weight excluding hydrogens is 348 g/mol. The molecular formula is C23H28N4O. The Hall–Kier alpha value is -2.30. The van der Waals surface area contributed by atoms with Crippen LogP contribution in [0.5, 0.6) is 0 Å². The number of ketones is 1. The highest BCUT2D eigenvalue weighted by Crippen LogP contribution is 2.35. The van der Waals surface area contributed by atoms with Crippen LogP contribution in [0.25, 0.3) is 11.5 Å². The molecule has 2 aromatic rings. The second-order valence-electron chi connectivity index (χ2n) is 8.64. The molecule has 5 rings (SSSR count). The van der Waals surface area contributed by atoms with E-state index in [2.05, 4.69) is 9.88 Å². The summed E-state index contributed by atoms with van der Waals surface area (Å²) in [6, 6.07) is 5.85. The number of anilines is 1. The molecule has 3 heterocycles. The molecule has 1 saturated heterocycles. The van der Waals surface area contributed by atoms with E-state index in [0.29, 0.717) is 17.5 Å². The van der Waals surface area contributed by atoms with Gasteiger partial charge in [0.15, 0.2) is 5.82 Å². The Bertz CT molecular complexity index is 854. The lowest BCUT2D eigenvalue weighted by atomic mass is 9.82. The number of fused-ring (bicyclic) bond motifs is 1. The second-order valence-corrected chi connectivity index (χ2v) is 8.64. The van der Waals surface area contributed by atoms with E-state index >= 15 is 0 Å². The molecule has 5 nitrogen and oxygen atoms in total. The zero-order valence-electron chi connectivity index (χ0n) is 16.4. The third-order valence-corrected chi connectivity index (χ3v) is 6.66. The molecule has 0 atom stereocenters. The molecule has 0 spiro atoms. The van der Waals surface area contributed by atoms with Crippen molar-refractivity contribution in [2.24, 2.45) is 11.8 Å². The van der Waals surface area contributed by atoms with Gasteiger partial charge in [-0.1, -0.05) is 38.2 Å². The summed E-state index contributed by atoms with van der Waals surface area (Å²) in [4.78, 5) is 29.1. The molecule has 5 heteroatoms. The third-order valence-electron chi connectivity index (χ3n) is 6.66. The molecule has 1 saturated carbocycles. The van der Waals surface area contributed by atoms with Crippen molar-refractivity contribution >= 4 is 11.6 Å². The Morgan fingerprint density at radius 3 is 2.68 bits per heavy atom. The summed E-state index contributed by atoms with van der Waals surface area (Å²) in [6.07, 6.45) is 12.2. The van der Waals surface area contributed by atoms with E-state index in [4.69, 9.17) is 9.97 Å². The van der Waals surface area contributed by atoms with E-state index in [9.17, 15) is 4.79 Å². The monoisotopic (exact) mass is 376 g/mol. The van der Waals surface area contributed by atoms with Gasteiger partial charge in [-0.2, -0.15) is 0 Å². The molecule has 146 valence electrons. The number of carbonyl (C=O) groups excluding carboxylic acids is 1. The number of hydrogen-bond donors (Lipinski definition) is 0. The maximum atomic E-state index is 12.7. The van der Waals surface area contributed by atoms with Gasteiger partial charge in [-0.15, -0.1) is 0 Å². The summed E-state index contributed by atoms with van der Waals surface area (Å²) >= 11 is 0. The van der Waals surface area contributed by atoms with Crippen molar-refractivity contribution in [1.29, 1.82) is 0 Å². The van der Waals surface area contributed by atoms with E-state index in [-0.39, 0.29) is 5.92 Å². The van der Waals surface area contributed by atoms with Crippen LogP contribution in [0, 0.1) is 11.8 Å². The van der Waals surface area contributed by atoms with Gasteiger partial charge < -0.3 is 4.90 Å². The average Bonchev–Trinajstić information content (AvgIpc) is 3.17. The summed E-state index contributed by atoms with van der Waals surface area (Å²) in [5.74, 6) is 3.05. The van der Waals surface area contributed by atoms with E-state index < -0.39 is 0 Å². The topological polar surface area (TPSA) is 59.0 Å². The van der Waals surface area contributed by atoms with E-state index in [1.165, 1.54) is 43.4 Å². The highest BCUT2D eigenvalue weighted by Gasteiger charge is 2.36. The van der Waals surface area contributed by atoms with Crippen LogP contribution >= 0.6 is 0 Å². The van der Waals surface area contributed by atoms with Crippen LogP contribution in [0.4, 0.5) is 5.82 Å². The first-order valence-corrected chi connectivity index (χ1v) is 10.9. The molecule has 0 bridgehead atoms. The molecule has 0 amide bonds. The van der Waals surface area contributed by atoms with Crippen LogP contribution in [-0.4, -0.2) is 33.8 Å². The second kappa shape index (κ2) is 7.61. The van der Waals surface area contributed by atoms with Crippen molar-refractivity contribution in [1.82, 2.24) is 15.0 Å². The van der Waals surface area contributed by atoms with Crippen LogP contribution in [0.1, 0.15) is 56.2 Å². The average molecular weight is 377 g/mol. The Labute approximate surface area is 166 Å². The van der Waals surface area contributed by atoms with Gasteiger partial charge in [-0.25, -0.2) is 9.97 Å². The number of Topliss-reactive ketones (excluding diaryl/α,β-unsaturated/α-hetero) is 1. The molecule has 0 aromatic carbocycles. The van der Waals surface area contributed by atoms with Gasteiger partial charge in [0.1, 0.15) is 17.3 Å². The van der Waals surface area contributed by atoms with Crippen molar-refractivity contribution in [2.75, 3.05) is 18.0 Å². The zero-order chi connectivity index (χ0) is 18.9. The summed E-state index contributed by atoms with van der Waals surface area (Å²) in [7, 11) is 0. The third kappa shape index (κ3) is 3.43. The number of carbonyl (C=O) groups is 1. The standard InChI is InChI=1S/C23H28N4O/c28-21(13-16-7-2-1-3-8-16)17-14-27(15-17)23-18-9-6-11-19(18)25-22(26-23)20-10-4-5-12-24-20/h4-5,10,12,16-17H,1-3,6-9,11,13-15H2. The molecule has 0 radical (unpaired) electrons. The number of pyridine rings is 1. The lowest BCUT2D eigenvalue weighted by Gasteiger charge is -2.40. The van der Waals surface area contributed by atoms with E-state index in [1.807, 2.05) is 18.2 Å². The smallest absolute Gasteiger partial charge is 0.180 e. The van der Waals surface area contributed by atoms with Crippen LogP contribution in [0.3, 0.4) is 0 Å². The van der Waals surface area contributed by atoms with Crippen LogP contribution in [-0.2, 0) is 17.6 Å². The fourth-order valence-electron chi connectivity index (χ4n) is 4.98. The van der Waals surface area contributed by atoms with Crippen molar-refractivity contribution < 1.29 is 4.79 Å². The van der Waals surface area contributed by atoms with Crippen molar-refractivity contribution in [3.05, 3.63) is 35.7 Å². The summed E-state index contributed by atoms with van der Waals surface area (Å²) in [5, 5.41) is 0. The summed E-state index contributed by atoms with van der Waals surface area (Å²) in [5.41, 5.74) is 3.28. The summed E-state index contributed by atoms with van der Waals surface area (Å²) in [6.45, 7) is 1.63. The normalized spacial score (nSPS) is 20.1. The molecule has 0 N–H and O–H groups in total.